The number of nitrogens with zero attached hydrogens (tertiary/aromatic N) is 2. The lowest BCUT2D eigenvalue weighted by Gasteiger charge is -2.24. The van der Waals surface area contributed by atoms with Crippen molar-refractivity contribution in [2.75, 3.05) is 31.8 Å². The lowest BCUT2D eigenvalue weighted by molar-refractivity contribution is -0.145. The van der Waals surface area contributed by atoms with Gasteiger partial charge in [-0.05, 0) is 12.2 Å². The maximum atomic E-state index is 11.4. The molecule has 1 aliphatic rings. The molecule has 0 spiro atoms. The molecule has 196 valence electrons. The maximum absolute atomic E-state index is 11.4. The summed E-state index contributed by atoms with van der Waals surface area (Å²) in [7, 11) is 2.06. The highest BCUT2D eigenvalue weighted by Crippen LogP contribution is 2.16. The van der Waals surface area contributed by atoms with Crippen molar-refractivity contribution in [3.8, 4) is 0 Å². The van der Waals surface area contributed by atoms with Crippen LogP contribution in [0.2, 0.25) is 0 Å². The topological polar surface area (TPSA) is 32.8 Å². The van der Waals surface area contributed by atoms with E-state index in [1.54, 1.807) is 0 Å². The summed E-state index contributed by atoms with van der Waals surface area (Å²) < 4.78 is 5.53. The zero-order chi connectivity index (χ0) is 23.3. The molecule has 6 heteroatoms. The van der Waals surface area contributed by atoms with Crippen molar-refractivity contribution in [3.05, 3.63) is 12.4 Å². The fourth-order valence-corrected chi connectivity index (χ4v) is 5.31. The predicted molar refractivity (Wildman–Crippen MR) is 156 cm³/mol. The van der Waals surface area contributed by atoms with Crippen LogP contribution >= 0.6 is 35.7 Å². The molecule has 1 atom stereocenters. The fourth-order valence-electron chi connectivity index (χ4n) is 4.29. The van der Waals surface area contributed by atoms with Gasteiger partial charge in [0.15, 0.2) is 0 Å². The number of hydrogen-bond acceptors (Lipinski definition) is 5. The molecule has 0 aromatic rings. The molecular weight excluding hydrogens is 543 g/mol. The van der Waals surface area contributed by atoms with Gasteiger partial charge in [-0.3, -0.25) is 4.79 Å². The Kier molecular flexibility index (Phi) is 23.5. The number of hydrogen-bond donors (Lipinski definition) is 0. The van der Waals surface area contributed by atoms with E-state index < -0.39 is 0 Å². The summed E-state index contributed by atoms with van der Waals surface area (Å²) in [5.74, 6) is 1.90. The summed E-state index contributed by atoms with van der Waals surface area (Å²) in [4.78, 5) is 15.8. The third-order valence-corrected chi connectivity index (χ3v) is 7.34. The van der Waals surface area contributed by atoms with E-state index in [9.17, 15) is 4.79 Å². The van der Waals surface area contributed by atoms with Crippen molar-refractivity contribution in [2.45, 2.75) is 123 Å². The Morgan fingerprint density at radius 3 is 1.76 bits per heavy atom. The molecule has 1 unspecified atom stereocenters. The largest absolute Gasteiger partial charge is 0.460 e. The highest BCUT2D eigenvalue weighted by Gasteiger charge is 2.18. The molecule has 0 saturated carbocycles. The maximum Gasteiger partial charge on any atom is 0.302 e. The van der Waals surface area contributed by atoms with Crippen LogP contribution in [0.5, 0.6) is 0 Å². The van der Waals surface area contributed by atoms with Gasteiger partial charge in [-0.15, -0.1) is 24.0 Å². The van der Waals surface area contributed by atoms with E-state index >= 15 is 0 Å². The van der Waals surface area contributed by atoms with Crippen molar-refractivity contribution in [2.24, 2.45) is 0 Å². The van der Waals surface area contributed by atoms with Gasteiger partial charge < -0.3 is 14.5 Å². The third-order valence-electron chi connectivity index (χ3n) is 6.15. The van der Waals surface area contributed by atoms with Crippen LogP contribution in [0.25, 0.3) is 0 Å². The number of carbonyl (C=O) groups is 1. The molecule has 1 heterocycles. The molecule has 1 aliphatic heterocycles. The molecule has 0 radical (unpaired) electrons. The Morgan fingerprint density at radius 1 is 0.848 bits per heavy atom. The SMILES string of the molecule is CCCCCCCCCCCCCCCCCCSCC(CN1C=CN(C)C1)OC(C)=O.I. The highest BCUT2D eigenvalue weighted by atomic mass is 127. The van der Waals surface area contributed by atoms with Gasteiger partial charge in [-0.1, -0.05) is 103 Å². The molecule has 0 amide bonds. The van der Waals surface area contributed by atoms with Crippen LogP contribution in [0, 0.1) is 0 Å². The van der Waals surface area contributed by atoms with Crippen molar-refractivity contribution in [3.63, 3.8) is 0 Å². The summed E-state index contributed by atoms with van der Waals surface area (Å²) in [5.41, 5.74) is 0. The highest BCUT2D eigenvalue weighted by molar-refractivity contribution is 14.0. The van der Waals surface area contributed by atoms with E-state index in [0.717, 1.165) is 19.0 Å². The smallest absolute Gasteiger partial charge is 0.302 e. The molecule has 0 aliphatic carbocycles. The van der Waals surface area contributed by atoms with Crippen LogP contribution in [0.3, 0.4) is 0 Å². The second-order valence-electron chi connectivity index (χ2n) is 9.58. The Bertz CT molecular complexity index is 479. The summed E-state index contributed by atoms with van der Waals surface area (Å²) in [6.07, 6.45) is 26.7. The Balaban J connectivity index is 0.0000102. The molecule has 4 nitrogen and oxygen atoms in total. The van der Waals surface area contributed by atoms with E-state index in [1.165, 1.54) is 115 Å². The van der Waals surface area contributed by atoms with Crippen molar-refractivity contribution in [1.82, 2.24) is 9.80 Å². The number of carbonyl (C=O) groups excluding carboxylic acids is 1. The third kappa shape index (κ3) is 20.9. The fraction of sp³-hybridized carbons (Fsp3) is 0.889. The molecule has 0 aromatic heterocycles. The van der Waals surface area contributed by atoms with Crippen molar-refractivity contribution >= 4 is 41.7 Å². The minimum Gasteiger partial charge on any atom is -0.460 e. The number of thioether (sulfide) groups is 1. The average Bonchev–Trinajstić information content (AvgIpc) is 3.16. The Hall–Kier alpha value is -0.110. The summed E-state index contributed by atoms with van der Waals surface area (Å²) >= 11 is 1.93. The molecule has 0 fully saturated rings. The predicted octanol–water partition coefficient (Wildman–Crippen LogP) is 8.21. The molecule has 1 rings (SSSR count). The van der Waals surface area contributed by atoms with Gasteiger partial charge in [0.2, 0.25) is 0 Å². The minimum absolute atomic E-state index is 0. The first kappa shape index (κ1) is 32.9. The van der Waals surface area contributed by atoms with Gasteiger partial charge >= 0.3 is 5.97 Å². The Labute approximate surface area is 227 Å². The van der Waals surface area contributed by atoms with Crippen LogP contribution < -0.4 is 0 Å². The zero-order valence-corrected chi connectivity index (χ0v) is 25.0. The minimum atomic E-state index is -0.172. The van der Waals surface area contributed by atoms with Crippen LogP contribution in [-0.4, -0.2) is 53.6 Å². The van der Waals surface area contributed by atoms with Crippen molar-refractivity contribution < 1.29 is 9.53 Å². The van der Waals surface area contributed by atoms with Crippen molar-refractivity contribution in [1.29, 1.82) is 0 Å². The molecule has 0 N–H and O–H groups in total. The summed E-state index contributed by atoms with van der Waals surface area (Å²) in [6.45, 7) is 5.46. The van der Waals surface area contributed by atoms with Gasteiger partial charge in [0.05, 0.1) is 13.2 Å². The zero-order valence-electron chi connectivity index (χ0n) is 21.9. The normalized spacial score (nSPS) is 13.9. The lowest BCUT2D eigenvalue weighted by atomic mass is 10.0. The Morgan fingerprint density at radius 2 is 1.33 bits per heavy atom. The first-order chi connectivity index (χ1) is 15.6. The van der Waals surface area contributed by atoms with E-state index in [4.69, 9.17) is 4.74 Å². The molecule has 0 aromatic carbocycles. The number of halogens is 1. The quantitative estimate of drug-likeness (QED) is 0.0715. The van der Waals surface area contributed by atoms with Gasteiger partial charge in [0, 0.05) is 32.1 Å². The molecule has 33 heavy (non-hydrogen) atoms. The van der Waals surface area contributed by atoms with Gasteiger partial charge in [-0.2, -0.15) is 11.8 Å². The number of rotatable bonds is 22. The average molecular weight is 597 g/mol. The number of unbranched alkanes of at least 4 members (excludes halogenated alkanes) is 15. The van der Waals surface area contributed by atoms with Gasteiger partial charge in [0.25, 0.3) is 0 Å². The van der Waals surface area contributed by atoms with Crippen LogP contribution in [0.1, 0.15) is 117 Å². The van der Waals surface area contributed by atoms with E-state index in [1.807, 2.05) is 11.8 Å². The van der Waals surface area contributed by atoms with Crippen LogP contribution in [0.15, 0.2) is 12.4 Å². The van der Waals surface area contributed by atoms with Crippen LogP contribution in [0.4, 0.5) is 0 Å². The molecule has 0 bridgehead atoms. The first-order valence-corrected chi connectivity index (χ1v) is 14.6. The molecule has 0 saturated heterocycles. The number of esters is 1. The standard InChI is InChI=1S/C27H52N2O2S.HI/c1-4-5-6-7-8-9-10-11-12-13-14-15-16-17-18-19-22-32-24-27(31-26(2)30)23-29-21-20-28(3)25-29;/h20-21,27H,4-19,22-25H2,1-3H3;1H. The number of ether oxygens (including phenoxy) is 1. The summed E-state index contributed by atoms with van der Waals surface area (Å²) in [6, 6.07) is 0. The van der Waals surface area contributed by atoms with Gasteiger partial charge in [0.1, 0.15) is 6.10 Å². The lowest BCUT2D eigenvalue weighted by Crippen LogP contribution is -2.34. The first-order valence-electron chi connectivity index (χ1n) is 13.5. The second kappa shape index (κ2) is 23.6. The van der Waals surface area contributed by atoms with Crippen LogP contribution in [-0.2, 0) is 9.53 Å². The van der Waals surface area contributed by atoms with E-state index in [2.05, 4.69) is 36.2 Å². The van der Waals surface area contributed by atoms with E-state index in [-0.39, 0.29) is 36.0 Å². The second-order valence-corrected chi connectivity index (χ2v) is 10.7. The van der Waals surface area contributed by atoms with E-state index in [0.29, 0.717) is 0 Å². The van der Waals surface area contributed by atoms with Gasteiger partial charge in [-0.25, -0.2) is 0 Å². The molecular formula is C27H53IN2O2S. The monoisotopic (exact) mass is 596 g/mol. The summed E-state index contributed by atoms with van der Waals surface area (Å²) in [5, 5.41) is 0.